The van der Waals surface area contributed by atoms with Crippen molar-refractivity contribution in [2.45, 2.75) is 0 Å². The zero-order valence-electron chi connectivity index (χ0n) is 8.31. The number of halogens is 1. The summed E-state index contributed by atoms with van der Waals surface area (Å²) >= 11 is 7.23. The van der Waals surface area contributed by atoms with Crippen LogP contribution in [0.2, 0.25) is 5.02 Å². The molecule has 0 aliphatic heterocycles. The molecule has 0 bridgehead atoms. The molecule has 0 radical (unpaired) electrons. The number of hydrogen-bond acceptors (Lipinski definition) is 3. The number of thiophene rings is 1. The minimum atomic E-state index is -0.133. The number of carbonyl (C=O) groups excluding carboxylic acids is 1. The molecule has 4 heteroatoms. The number of pyridine rings is 1. The highest BCUT2D eigenvalue weighted by molar-refractivity contribution is 7.13. The van der Waals surface area contributed by atoms with Gasteiger partial charge < -0.3 is 0 Å². The van der Waals surface area contributed by atoms with Crippen LogP contribution in [0.15, 0.2) is 42.6 Å². The summed E-state index contributed by atoms with van der Waals surface area (Å²) in [6, 6.07) is 5.21. The molecule has 0 saturated heterocycles. The molecular weight excluding hydrogens is 242 g/mol. The molecule has 0 unspecified atom stereocenters. The van der Waals surface area contributed by atoms with E-state index in [9.17, 15) is 4.79 Å². The molecule has 0 aromatic carbocycles. The predicted molar refractivity (Wildman–Crippen MR) is 66.9 cm³/mol. The number of allylic oxidation sites excluding steroid dienone is 1. The Hall–Kier alpha value is -1.45. The maximum Gasteiger partial charge on any atom is 0.204 e. The molecule has 0 amide bonds. The summed E-state index contributed by atoms with van der Waals surface area (Å²) in [5.41, 5.74) is 1.20. The fraction of sp³-hybridized carbons (Fsp3) is 0. The van der Waals surface area contributed by atoms with E-state index < -0.39 is 0 Å². The fourth-order valence-electron chi connectivity index (χ4n) is 1.28. The zero-order chi connectivity index (χ0) is 11.5. The number of carbonyl (C=O) groups is 1. The van der Waals surface area contributed by atoms with E-state index in [1.54, 1.807) is 36.0 Å². The summed E-state index contributed by atoms with van der Waals surface area (Å²) < 4.78 is 0. The first-order valence-corrected chi connectivity index (χ1v) is 5.83. The van der Waals surface area contributed by atoms with Gasteiger partial charge in [-0.1, -0.05) is 18.2 Å². The van der Waals surface area contributed by atoms with Crippen molar-refractivity contribution in [3.8, 4) is 0 Å². The molecule has 0 aliphatic carbocycles. The molecular formula is C12H8ClNOS. The Kier molecular flexibility index (Phi) is 3.17. The normalized spacial score (nSPS) is 10.1. The number of rotatable bonds is 3. The summed E-state index contributed by atoms with van der Waals surface area (Å²) in [5.74, 6) is -0.133. The van der Waals surface area contributed by atoms with Gasteiger partial charge in [-0.2, -0.15) is 0 Å². The number of nitrogens with zero attached hydrogens (tertiary/aromatic N) is 1. The van der Waals surface area contributed by atoms with Gasteiger partial charge in [0.15, 0.2) is 0 Å². The Balaban J connectivity index is 2.31. The van der Waals surface area contributed by atoms with Gasteiger partial charge in [-0.05, 0) is 29.1 Å². The number of Topliss-reactive ketones (excluding diaryl/α,β-unsaturated/α-hetero) is 1. The molecule has 0 fully saturated rings. The first-order chi connectivity index (χ1) is 7.70. The van der Waals surface area contributed by atoms with Crippen LogP contribution in [-0.2, 0) is 0 Å². The average molecular weight is 250 g/mol. The van der Waals surface area contributed by atoms with Crippen LogP contribution in [0.5, 0.6) is 0 Å². The molecule has 0 saturated carbocycles. The quantitative estimate of drug-likeness (QED) is 0.613. The monoisotopic (exact) mass is 249 g/mol. The lowest BCUT2D eigenvalue weighted by molar-refractivity contribution is 0.106. The molecule has 2 rings (SSSR count). The maximum atomic E-state index is 12.0. The summed E-state index contributed by atoms with van der Waals surface area (Å²) in [6.45, 7) is 3.79. The van der Waals surface area contributed by atoms with Crippen LogP contribution < -0.4 is 0 Å². The van der Waals surface area contributed by atoms with Crippen molar-refractivity contribution in [2.24, 2.45) is 0 Å². The summed E-state index contributed by atoms with van der Waals surface area (Å²) in [5, 5.41) is 2.26. The van der Waals surface area contributed by atoms with Crippen LogP contribution >= 0.6 is 22.9 Å². The van der Waals surface area contributed by atoms with E-state index >= 15 is 0 Å². The van der Waals surface area contributed by atoms with Gasteiger partial charge in [-0.25, -0.2) is 0 Å². The third-order valence-corrected chi connectivity index (χ3v) is 3.47. The lowest BCUT2D eigenvalue weighted by Crippen LogP contribution is -1.99. The Morgan fingerprint density at radius 1 is 1.31 bits per heavy atom. The number of aromatic nitrogens is 1. The van der Waals surface area contributed by atoms with Crippen LogP contribution in [0.4, 0.5) is 0 Å². The molecule has 0 spiro atoms. The highest BCUT2D eigenvalue weighted by Crippen LogP contribution is 2.27. The van der Waals surface area contributed by atoms with Crippen LogP contribution in [-0.4, -0.2) is 10.8 Å². The molecule has 16 heavy (non-hydrogen) atoms. The third kappa shape index (κ3) is 2.05. The summed E-state index contributed by atoms with van der Waals surface area (Å²) in [7, 11) is 0. The van der Waals surface area contributed by atoms with E-state index in [-0.39, 0.29) is 5.78 Å². The SMILES string of the molecule is C=C(C(=O)c1sccc1Cl)c1ccncc1. The summed E-state index contributed by atoms with van der Waals surface area (Å²) in [4.78, 5) is 16.5. The van der Waals surface area contributed by atoms with Crippen LogP contribution in [0.1, 0.15) is 15.2 Å². The minimum absolute atomic E-state index is 0.133. The topological polar surface area (TPSA) is 30.0 Å². The van der Waals surface area contributed by atoms with Crippen LogP contribution in [0, 0.1) is 0 Å². The van der Waals surface area contributed by atoms with E-state index in [2.05, 4.69) is 11.6 Å². The second-order valence-corrected chi connectivity index (χ2v) is 4.46. The van der Waals surface area contributed by atoms with E-state index in [1.807, 2.05) is 0 Å². The highest BCUT2D eigenvalue weighted by Gasteiger charge is 2.16. The van der Waals surface area contributed by atoms with Gasteiger partial charge in [-0.15, -0.1) is 11.3 Å². The maximum absolute atomic E-state index is 12.0. The fourth-order valence-corrected chi connectivity index (χ4v) is 2.39. The Morgan fingerprint density at radius 3 is 2.56 bits per heavy atom. The van der Waals surface area contributed by atoms with Crippen molar-refractivity contribution in [2.75, 3.05) is 0 Å². The molecule has 2 aromatic rings. The van der Waals surface area contributed by atoms with Crippen LogP contribution in [0.25, 0.3) is 5.57 Å². The molecule has 80 valence electrons. The molecule has 0 aliphatic rings. The van der Waals surface area contributed by atoms with Gasteiger partial charge in [0.1, 0.15) is 0 Å². The van der Waals surface area contributed by atoms with Gasteiger partial charge in [-0.3, -0.25) is 9.78 Å². The van der Waals surface area contributed by atoms with Crippen molar-refractivity contribution in [1.29, 1.82) is 0 Å². The van der Waals surface area contributed by atoms with Crippen molar-refractivity contribution in [3.63, 3.8) is 0 Å². The molecule has 2 nitrogen and oxygen atoms in total. The minimum Gasteiger partial charge on any atom is -0.288 e. The average Bonchev–Trinajstić information content (AvgIpc) is 2.75. The molecule has 0 N–H and O–H groups in total. The van der Waals surface area contributed by atoms with E-state index in [0.717, 1.165) is 5.56 Å². The van der Waals surface area contributed by atoms with E-state index in [4.69, 9.17) is 11.6 Å². The third-order valence-electron chi connectivity index (χ3n) is 2.13. The number of hydrogen-bond donors (Lipinski definition) is 0. The Labute approximate surface area is 102 Å². The first kappa shape index (κ1) is 11.0. The molecule has 2 heterocycles. The Bertz CT molecular complexity index is 533. The van der Waals surface area contributed by atoms with Gasteiger partial charge in [0.05, 0.1) is 9.90 Å². The lowest BCUT2D eigenvalue weighted by Gasteiger charge is -2.03. The zero-order valence-corrected chi connectivity index (χ0v) is 9.89. The summed E-state index contributed by atoms with van der Waals surface area (Å²) in [6.07, 6.45) is 3.26. The predicted octanol–water partition coefficient (Wildman–Crippen LogP) is 3.69. The van der Waals surface area contributed by atoms with Gasteiger partial charge in [0.25, 0.3) is 0 Å². The second-order valence-electron chi connectivity index (χ2n) is 3.14. The molecule has 0 atom stereocenters. The van der Waals surface area contributed by atoms with Crippen molar-refractivity contribution in [3.05, 3.63) is 58.0 Å². The largest absolute Gasteiger partial charge is 0.288 e. The van der Waals surface area contributed by atoms with Gasteiger partial charge in [0, 0.05) is 18.0 Å². The smallest absolute Gasteiger partial charge is 0.204 e. The standard InChI is InChI=1S/C12H8ClNOS/c1-8(9-2-5-14-6-3-9)11(15)12-10(13)4-7-16-12/h2-7H,1H2. The van der Waals surface area contributed by atoms with Crippen molar-refractivity contribution >= 4 is 34.3 Å². The van der Waals surface area contributed by atoms with E-state index in [0.29, 0.717) is 15.5 Å². The number of ketones is 1. The molecule has 2 aromatic heterocycles. The lowest BCUT2D eigenvalue weighted by atomic mass is 10.0. The van der Waals surface area contributed by atoms with Crippen LogP contribution in [0.3, 0.4) is 0 Å². The van der Waals surface area contributed by atoms with Gasteiger partial charge >= 0.3 is 0 Å². The highest BCUT2D eigenvalue weighted by atomic mass is 35.5. The van der Waals surface area contributed by atoms with Crippen molar-refractivity contribution in [1.82, 2.24) is 4.98 Å². The van der Waals surface area contributed by atoms with E-state index in [1.165, 1.54) is 11.3 Å². The van der Waals surface area contributed by atoms with Crippen molar-refractivity contribution < 1.29 is 4.79 Å². The van der Waals surface area contributed by atoms with Gasteiger partial charge in [0.2, 0.25) is 5.78 Å². The second kappa shape index (κ2) is 4.60. The first-order valence-electron chi connectivity index (χ1n) is 4.57. The Morgan fingerprint density at radius 2 is 2.00 bits per heavy atom.